The zero-order chi connectivity index (χ0) is 63.2. The van der Waals surface area contributed by atoms with Crippen LogP contribution in [0.5, 0.6) is 0 Å². The maximum atomic E-state index is 8.00. The van der Waals surface area contributed by atoms with Crippen LogP contribution < -0.4 is 43.7 Å². The third kappa shape index (κ3) is 24.9. The van der Waals surface area contributed by atoms with Gasteiger partial charge < -0.3 is 59.4 Å². The van der Waals surface area contributed by atoms with Crippen molar-refractivity contribution in [1.29, 1.82) is 0 Å². The molecule has 0 spiro atoms. The number of nitrogens with zero attached hydrogens (tertiary/aromatic N) is 10. The molecule has 90 heavy (non-hydrogen) atoms. The Balaban J connectivity index is 0.000000308. The summed E-state index contributed by atoms with van der Waals surface area (Å²) in [5, 5.41) is 18.0. The minimum Gasteiger partial charge on any atom is -0.444 e. The molecular formula is C72H96B2Co2N10O4. The van der Waals surface area contributed by atoms with Crippen molar-refractivity contribution in [2.24, 2.45) is 10.7 Å². The fourth-order valence-electron chi connectivity index (χ4n) is 11.9. The van der Waals surface area contributed by atoms with E-state index in [4.69, 9.17) is 20.2 Å². The number of hydrogen-bond acceptors (Lipinski definition) is 14. The van der Waals surface area contributed by atoms with Crippen LogP contribution in [-0.4, -0.2) is 213 Å². The third-order valence-electron chi connectivity index (χ3n) is 17.3. The molecule has 2 saturated heterocycles. The topological polar surface area (TPSA) is 131 Å². The molecule has 2 aliphatic heterocycles. The van der Waals surface area contributed by atoms with E-state index in [-0.39, 0.29) is 33.6 Å². The van der Waals surface area contributed by atoms with Crippen LogP contribution in [0.3, 0.4) is 0 Å². The van der Waals surface area contributed by atoms with Crippen LogP contribution in [0.15, 0.2) is 253 Å². The molecule has 0 atom stereocenters. The van der Waals surface area contributed by atoms with E-state index in [1.54, 1.807) is 0 Å². The summed E-state index contributed by atoms with van der Waals surface area (Å²) in [6.45, 7) is 18.8. The Morgan fingerprint density at radius 2 is 0.300 bits per heavy atom. The van der Waals surface area contributed by atoms with Gasteiger partial charge in [0, 0.05) is 105 Å². The van der Waals surface area contributed by atoms with Gasteiger partial charge in [0.05, 0.1) is 0 Å². The summed E-state index contributed by atoms with van der Waals surface area (Å²) in [5.74, 6) is 0. The Bertz CT molecular complexity index is 2410. The predicted octanol–water partition coefficient (Wildman–Crippen LogP) is 6.08. The van der Waals surface area contributed by atoms with Crippen molar-refractivity contribution in [3.05, 3.63) is 263 Å². The average Bonchev–Trinajstić information content (AvgIpc) is 0.759. The molecule has 18 heteroatoms. The Morgan fingerprint density at radius 1 is 0.222 bits per heavy atom. The zero-order valence-corrected chi connectivity index (χ0v) is 56.4. The molecule has 2 radical (unpaired) electrons. The molecule has 0 unspecified atom stereocenters. The van der Waals surface area contributed by atoms with Gasteiger partial charge in [-0.05, 0) is 56.4 Å². The molecule has 14 nitrogen and oxygen atoms in total. The third-order valence-corrected chi connectivity index (χ3v) is 17.3. The molecule has 482 valence electrons. The van der Waals surface area contributed by atoms with Gasteiger partial charge in [-0.3, -0.25) is 0 Å². The van der Waals surface area contributed by atoms with Crippen molar-refractivity contribution in [3.8, 4) is 0 Å². The van der Waals surface area contributed by atoms with Crippen LogP contribution in [-0.2, 0) is 33.6 Å². The second-order valence-electron chi connectivity index (χ2n) is 23.6. The molecule has 8 aromatic rings. The Kier molecular flexibility index (Phi) is 37.9. The number of likely N-dealkylation sites (N-methyl/N-ethyl adjacent to an activating group) is 8. The first-order valence-corrected chi connectivity index (χ1v) is 31.0. The second-order valence-corrected chi connectivity index (χ2v) is 23.6. The van der Waals surface area contributed by atoms with Crippen molar-refractivity contribution in [2.75, 3.05) is 161 Å². The average molecular weight is 1310 g/mol. The van der Waals surface area contributed by atoms with Crippen molar-refractivity contribution in [2.45, 2.75) is 0 Å². The maximum Gasteiger partial charge on any atom is 2.00 e. The van der Waals surface area contributed by atoms with Gasteiger partial charge in [-0.2, -0.15) is 43.7 Å². The largest absolute Gasteiger partial charge is 2.00 e. The van der Waals surface area contributed by atoms with Crippen molar-refractivity contribution in [3.63, 3.8) is 0 Å². The van der Waals surface area contributed by atoms with E-state index in [1.807, 2.05) is 0 Å². The van der Waals surface area contributed by atoms with Crippen molar-refractivity contribution in [1.82, 2.24) is 39.2 Å². The van der Waals surface area contributed by atoms with E-state index >= 15 is 0 Å². The minimum atomic E-state index is -1.22. The van der Waals surface area contributed by atoms with E-state index in [9.17, 15) is 0 Å². The number of hydrogen-bond donors (Lipinski definition) is 0. The molecular weight excluding hydrogens is 1210 g/mol. The van der Waals surface area contributed by atoms with Crippen LogP contribution in [0, 0.1) is 20.2 Å². The molecule has 2 fully saturated rings. The van der Waals surface area contributed by atoms with Gasteiger partial charge in [0.15, 0.2) is 0 Å². The van der Waals surface area contributed by atoms with E-state index in [0.29, 0.717) is 0 Å². The molecule has 0 amide bonds. The number of rotatable bonds is 8. The van der Waals surface area contributed by atoms with Gasteiger partial charge >= 0.3 is 33.6 Å². The summed E-state index contributed by atoms with van der Waals surface area (Å²) < 4.78 is 0. The first-order valence-electron chi connectivity index (χ1n) is 31.0. The summed E-state index contributed by atoms with van der Waals surface area (Å²) >= 11 is 0. The summed E-state index contributed by atoms with van der Waals surface area (Å²) in [6, 6.07) is 87.1. The molecule has 0 aromatic heterocycles. The summed E-state index contributed by atoms with van der Waals surface area (Å²) in [6.07, 6.45) is -2.43. The minimum absolute atomic E-state index is 0. The molecule has 2 aliphatic rings. The predicted molar refractivity (Wildman–Crippen MR) is 378 cm³/mol. The second kappa shape index (κ2) is 44.0. The monoisotopic (exact) mass is 1300 g/mol. The summed E-state index contributed by atoms with van der Waals surface area (Å²) in [5.41, 5.74) is 10.7. The van der Waals surface area contributed by atoms with Gasteiger partial charge in [0.2, 0.25) is 0 Å². The van der Waals surface area contributed by atoms with Gasteiger partial charge in [-0.15, -0.1) is 10.7 Å². The molecule has 10 rings (SSSR count). The Hall–Kier alpha value is -6.62. The van der Waals surface area contributed by atoms with Gasteiger partial charge in [0.1, 0.15) is 12.3 Å². The van der Waals surface area contributed by atoms with Gasteiger partial charge in [0.25, 0.3) is 0 Å². The fourth-order valence-corrected chi connectivity index (χ4v) is 11.9. The summed E-state index contributed by atoms with van der Waals surface area (Å²) in [7, 11) is 17.8. The molecule has 0 N–H and O–H groups in total. The van der Waals surface area contributed by atoms with Crippen LogP contribution in [0.1, 0.15) is 0 Å². The van der Waals surface area contributed by atoms with Crippen molar-refractivity contribution < 1.29 is 33.6 Å². The standard InChI is InChI=1S/2C24H20B.2C12H28N4.2Co.2HNO2/c2*1-5-13-21(14-6-1)25(22-15-7-2-8-16-22,23-17-9-3-10-18-23)24-19-11-4-12-20-24;2*1-13-5-7-14(2)9-11-16(4)12-10-15(3)8-6-13;;;2*2-1-3/h2*1-20H;2*5-12H2,1-4H3;;;2*(H,2,3)/q2*-1;;;2*+2;;/p-2. The smallest absolute Gasteiger partial charge is 0.444 e. The molecule has 0 bridgehead atoms. The van der Waals surface area contributed by atoms with Crippen LogP contribution in [0.25, 0.3) is 0 Å². The van der Waals surface area contributed by atoms with Crippen LogP contribution >= 0.6 is 0 Å². The normalized spacial score (nSPS) is 15.8. The van der Waals surface area contributed by atoms with Gasteiger partial charge in [-0.25, -0.2) is 0 Å². The first kappa shape index (κ1) is 77.6. The number of benzene rings is 8. The van der Waals surface area contributed by atoms with Crippen LogP contribution in [0.4, 0.5) is 0 Å². The quantitative estimate of drug-likeness (QED) is 0.0994. The Morgan fingerprint density at radius 3 is 0.378 bits per heavy atom. The van der Waals surface area contributed by atoms with Crippen LogP contribution in [0.2, 0.25) is 0 Å². The van der Waals surface area contributed by atoms with Gasteiger partial charge in [-0.1, -0.05) is 243 Å². The SMILES string of the molecule is CN1CCN(C)CCN(C)CCN(C)CC1.CN1CCN(C)CCN(C)CCN(C)CC1.O=N[O-].O=N[O-].[Co+2].[Co+2].c1ccc([B-](c2ccccc2)(c2ccccc2)c2ccccc2)cc1.c1ccc([B-](c2ccccc2)(c2ccccc2)c2ccccc2)cc1. The van der Waals surface area contributed by atoms with E-state index in [1.165, 1.54) is 148 Å². The molecule has 2 heterocycles. The van der Waals surface area contributed by atoms with Crippen molar-refractivity contribution >= 4 is 56.0 Å². The fraction of sp³-hybridized carbons (Fsp3) is 0.333. The van der Waals surface area contributed by atoms with E-state index in [2.05, 4.69) is 338 Å². The Labute approximate surface area is 560 Å². The molecule has 8 aromatic carbocycles. The molecule has 0 saturated carbocycles. The maximum absolute atomic E-state index is 8.00. The molecule has 0 aliphatic carbocycles. The zero-order valence-electron chi connectivity index (χ0n) is 54.3. The first-order chi connectivity index (χ1) is 42.8. The van der Waals surface area contributed by atoms with E-state index in [0.717, 1.165) is 10.7 Å². The summed E-state index contributed by atoms with van der Waals surface area (Å²) in [4.78, 5) is 35.4. The van der Waals surface area contributed by atoms with E-state index < -0.39 is 12.3 Å².